The molecule has 1 aromatic heterocycles. The Kier molecular flexibility index (Phi) is 9.27. The predicted molar refractivity (Wildman–Crippen MR) is 105 cm³/mol. The van der Waals surface area contributed by atoms with Gasteiger partial charge >= 0.3 is 0 Å². The van der Waals surface area contributed by atoms with E-state index >= 15 is 0 Å². The average molecular weight is 367 g/mol. The second-order valence-electron chi connectivity index (χ2n) is 8.72. The smallest absolute Gasteiger partial charge is 0.220 e. The van der Waals surface area contributed by atoms with E-state index in [9.17, 15) is 4.79 Å². The number of carbonyl (C=O) groups excluding carboxylic acids is 1. The predicted octanol–water partition coefficient (Wildman–Crippen LogP) is 4.24. The molecule has 1 amide bonds. The molecule has 0 fully saturated rings. The highest BCUT2D eigenvalue weighted by molar-refractivity contribution is 5.76. The summed E-state index contributed by atoms with van der Waals surface area (Å²) in [5.41, 5.74) is 0.586. The maximum absolute atomic E-state index is 12.1. The van der Waals surface area contributed by atoms with Gasteiger partial charge in [-0.25, -0.2) is 0 Å². The van der Waals surface area contributed by atoms with Gasteiger partial charge in [0.1, 0.15) is 5.69 Å². The maximum Gasteiger partial charge on any atom is 0.220 e. The van der Waals surface area contributed by atoms with Crippen LogP contribution in [0.1, 0.15) is 92.2 Å². The molecule has 0 aliphatic carbocycles. The number of nitrogens with zero attached hydrogens (tertiary/aromatic N) is 3. The first-order chi connectivity index (χ1) is 12.1. The zero-order chi connectivity index (χ0) is 19.6. The zero-order valence-corrected chi connectivity index (χ0v) is 17.6. The summed E-state index contributed by atoms with van der Waals surface area (Å²) in [5.74, 6) is 0.161. The molecular formula is C20H38N4O2. The lowest BCUT2D eigenvalue weighted by atomic mass is 9.97. The first-order valence-electron chi connectivity index (χ1n) is 9.95. The van der Waals surface area contributed by atoms with Gasteiger partial charge in [0.15, 0.2) is 0 Å². The topological polar surface area (TPSA) is 69.0 Å². The molecule has 0 saturated heterocycles. The summed E-state index contributed by atoms with van der Waals surface area (Å²) >= 11 is 0. The van der Waals surface area contributed by atoms with E-state index in [4.69, 9.17) is 4.74 Å². The van der Waals surface area contributed by atoms with Crippen molar-refractivity contribution in [3.63, 3.8) is 0 Å². The van der Waals surface area contributed by atoms with Crippen molar-refractivity contribution >= 4 is 5.91 Å². The van der Waals surface area contributed by atoms with Crippen LogP contribution in [0, 0.1) is 0 Å². The van der Waals surface area contributed by atoms with Gasteiger partial charge in [-0.05, 0) is 53.9 Å². The fourth-order valence-electron chi connectivity index (χ4n) is 2.66. The summed E-state index contributed by atoms with van der Waals surface area (Å²) in [7, 11) is 0. The summed E-state index contributed by atoms with van der Waals surface area (Å²) < 4.78 is 7.56. The number of carbonyl (C=O) groups is 1. The Bertz CT molecular complexity index is 532. The van der Waals surface area contributed by atoms with Crippen LogP contribution in [0.4, 0.5) is 0 Å². The molecule has 0 aliphatic rings. The summed E-state index contributed by atoms with van der Waals surface area (Å²) in [5, 5.41) is 11.4. The van der Waals surface area contributed by atoms with Crippen LogP contribution in [-0.2, 0) is 22.7 Å². The van der Waals surface area contributed by atoms with Crippen molar-refractivity contribution in [1.29, 1.82) is 0 Å². The number of rotatable bonds is 12. The molecule has 0 aromatic carbocycles. The van der Waals surface area contributed by atoms with E-state index in [-0.39, 0.29) is 17.0 Å². The summed E-state index contributed by atoms with van der Waals surface area (Å²) in [6, 6.07) is 0. The van der Waals surface area contributed by atoms with Gasteiger partial charge in [-0.3, -0.25) is 9.48 Å². The molecule has 1 heterocycles. The highest BCUT2D eigenvalue weighted by Crippen LogP contribution is 2.14. The van der Waals surface area contributed by atoms with Crippen molar-refractivity contribution in [2.24, 2.45) is 0 Å². The van der Waals surface area contributed by atoms with Gasteiger partial charge in [-0.15, -0.1) is 5.10 Å². The van der Waals surface area contributed by atoms with Crippen molar-refractivity contribution in [2.45, 2.75) is 111 Å². The number of hydrogen-bond acceptors (Lipinski definition) is 4. The third-order valence-corrected chi connectivity index (χ3v) is 4.16. The van der Waals surface area contributed by atoms with Crippen molar-refractivity contribution in [3.8, 4) is 0 Å². The Hall–Kier alpha value is -1.43. The Morgan fingerprint density at radius 3 is 2.54 bits per heavy atom. The normalized spacial score (nSPS) is 12.4. The van der Waals surface area contributed by atoms with Gasteiger partial charge in [0, 0.05) is 18.5 Å². The molecule has 1 N–H and O–H groups in total. The molecule has 0 saturated carbocycles. The van der Waals surface area contributed by atoms with Crippen molar-refractivity contribution in [2.75, 3.05) is 0 Å². The lowest BCUT2D eigenvalue weighted by Crippen LogP contribution is -2.43. The molecule has 0 radical (unpaired) electrons. The number of amides is 1. The molecule has 150 valence electrons. The quantitative estimate of drug-likeness (QED) is 0.562. The molecule has 0 atom stereocenters. The molecule has 6 nitrogen and oxygen atoms in total. The number of aromatic nitrogens is 3. The van der Waals surface area contributed by atoms with Crippen LogP contribution in [0.2, 0.25) is 0 Å². The van der Waals surface area contributed by atoms with Crippen LogP contribution >= 0.6 is 0 Å². The fourth-order valence-corrected chi connectivity index (χ4v) is 2.66. The second-order valence-corrected chi connectivity index (χ2v) is 8.72. The van der Waals surface area contributed by atoms with Gasteiger partial charge in [0.05, 0.1) is 18.4 Å². The van der Waals surface area contributed by atoms with E-state index < -0.39 is 0 Å². The number of nitrogens with one attached hydrogen (secondary N) is 1. The average Bonchev–Trinajstić information content (AvgIpc) is 2.97. The molecule has 0 spiro atoms. The molecule has 1 aromatic rings. The van der Waals surface area contributed by atoms with Crippen LogP contribution in [0.25, 0.3) is 0 Å². The van der Waals surface area contributed by atoms with Crippen LogP contribution in [0.3, 0.4) is 0 Å². The van der Waals surface area contributed by atoms with Gasteiger partial charge in [-0.2, -0.15) is 0 Å². The van der Waals surface area contributed by atoms with Gasteiger partial charge in [0.25, 0.3) is 0 Å². The van der Waals surface area contributed by atoms with Crippen LogP contribution in [0.5, 0.6) is 0 Å². The largest absolute Gasteiger partial charge is 0.369 e. The number of aryl methyl sites for hydroxylation is 1. The molecule has 26 heavy (non-hydrogen) atoms. The van der Waals surface area contributed by atoms with E-state index in [0.717, 1.165) is 50.8 Å². The van der Waals surface area contributed by atoms with Gasteiger partial charge < -0.3 is 10.1 Å². The summed E-state index contributed by atoms with van der Waals surface area (Å²) in [6.07, 6.45) is 8.78. The molecule has 6 heteroatoms. The summed E-state index contributed by atoms with van der Waals surface area (Å²) in [4.78, 5) is 12.1. The van der Waals surface area contributed by atoms with E-state index in [0.29, 0.717) is 13.0 Å². The Morgan fingerprint density at radius 1 is 1.15 bits per heavy atom. The molecular weight excluding hydrogens is 328 g/mol. The van der Waals surface area contributed by atoms with E-state index in [2.05, 4.69) is 36.4 Å². The van der Waals surface area contributed by atoms with E-state index in [1.54, 1.807) is 0 Å². The molecule has 1 rings (SSSR count). The summed E-state index contributed by atoms with van der Waals surface area (Å²) in [6.45, 7) is 13.8. The lowest BCUT2D eigenvalue weighted by Gasteiger charge is -2.26. The van der Waals surface area contributed by atoms with E-state index in [1.165, 1.54) is 0 Å². The SMILES string of the molecule is CCCCC(C)(C)NC(=O)CCCCCn1cc(COC(C)(C)C)nn1. The van der Waals surface area contributed by atoms with Crippen LogP contribution in [0.15, 0.2) is 6.20 Å². The van der Waals surface area contributed by atoms with Crippen LogP contribution in [-0.4, -0.2) is 32.0 Å². The molecule has 0 aliphatic heterocycles. The fraction of sp³-hybridized carbons (Fsp3) is 0.850. The number of hydrogen-bond donors (Lipinski definition) is 1. The minimum absolute atomic E-state index is 0.0979. The standard InChI is InChI=1S/C20H38N4O2/c1-7-8-13-20(5,6)21-18(25)12-10-9-11-14-24-15-17(22-23-24)16-26-19(2,3)4/h15H,7-14,16H2,1-6H3,(H,21,25). The van der Waals surface area contributed by atoms with Crippen molar-refractivity contribution < 1.29 is 9.53 Å². The third kappa shape index (κ3) is 10.5. The van der Waals surface area contributed by atoms with Gasteiger partial charge in [-0.1, -0.05) is 31.4 Å². The second kappa shape index (κ2) is 10.7. The van der Waals surface area contributed by atoms with Crippen molar-refractivity contribution in [3.05, 3.63) is 11.9 Å². The van der Waals surface area contributed by atoms with Crippen molar-refractivity contribution in [1.82, 2.24) is 20.3 Å². The Morgan fingerprint density at radius 2 is 1.88 bits per heavy atom. The Balaban J connectivity index is 2.17. The lowest BCUT2D eigenvalue weighted by molar-refractivity contribution is -0.122. The molecule has 0 bridgehead atoms. The monoisotopic (exact) mass is 366 g/mol. The maximum atomic E-state index is 12.1. The third-order valence-electron chi connectivity index (χ3n) is 4.16. The van der Waals surface area contributed by atoms with E-state index in [1.807, 2.05) is 31.6 Å². The first kappa shape index (κ1) is 22.6. The highest BCUT2D eigenvalue weighted by Gasteiger charge is 2.19. The minimum Gasteiger partial charge on any atom is -0.369 e. The van der Waals surface area contributed by atoms with Gasteiger partial charge in [0.2, 0.25) is 5.91 Å². The number of ether oxygens (including phenoxy) is 1. The zero-order valence-electron chi connectivity index (χ0n) is 17.6. The Labute approximate surface area is 159 Å². The first-order valence-corrected chi connectivity index (χ1v) is 9.95. The van der Waals surface area contributed by atoms with Crippen LogP contribution < -0.4 is 5.32 Å². The molecule has 0 unspecified atom stereocenters. The number of unbranched alkanes of at least 4 members (excludes halogenated alkanes) is 3. The minimum atomic E-state index is -0.171. The highest BCUT2D eigenvalue weighted by atomic mass is 16.5.